The van der Waals surface area contributed by atoms with Crippen molar-refractivity contribution < 1.29 is 9.59 Å². The fourth-order valence-electron chi connectivity index (χ4n) is 1.58. The average molecular weight is 247 g/mol. The van der Waals surface area contributed by atoms with Gasteiger partial charge in [0.15, 0.2) is 0 Å². The largest absolute Gasteiger partial charge is 0.405 e. The van der Waals surface area contributed by atoms with Gasteiger partial charge in [-0.25, -0.2) is 0 Å². The first-order chi connectivity index (χ1) is 8.41. The SMILES string of the molecule is CN=CC(C)(C)/C=C\C1=C(/C=C/N)C(=O)NC1=O. The van der Waals surface area contributed by atoms with E-state index in [0.29, 0.717) is 5.57 Å². The van der Waals surface area contributed by atoms with E-state index in [1.165, 1.54) is 12.3 Å². The molecule has 96 valence electrons. The van der Waals surface area contributed by atoms with Crippen LogP contribution in [0.15, 0.2) is 40.6 Å². The number of carbonyl (C=O) groups is 2. The second-order valence-corrected chi connectivity index (χ2v) is 4.51. The molecule has 0 aliphatic carbocycles. The topological polar surface area (TPSA) is 84.5 Å². The number of aliphatic imine (C=N–C) groups is 1. The van der Waals surface area contributed by atoms with Crippen LogP contribution in [0.5, 0.6) is 0 Å². The van der Waals surface area contributed by atoms with Crippen LogP contribution >= 0.6 is 0 Å². The van der Waals surface area contributed by atoms with Crippen molar-refractivity contribution in [2.75, 3.05) is 7.05 Å². The standard InChI is InChI=1S/C13H17N3O2/c1-13(2,8-15-3)6-4-9-10(5-7-14)12(18)16-11(9)17/h4-8H,14H2,1-3H3,(H,16,17,18)/b6-4-,7-5+,15-8?. The van der Waals surface area contributed by atoms with Gasteiger partial charge in [-0.1, -0.05) is 26.0 Å². The third-order valence-corrected chi connectivity index (χ3v) is 2.41. The molecule has 0 saturated carbocycles. The molecule has 0 spiro atoms. The fraction of sp³-hybridized carbons (Fsp3) is 0.308. The highest BCUT2D eigenvalue weighted by Crippen LogP contribution is 2.19. The molecule has 5 nitrogen and oxygen atoms in total. The Morgan fingerprint density at radius 2 is 1.72 bits per heavy atom. The minimum Gasteiger partial charge on any atom is -0.405 e. The molecular formula is C13H17N3O2. The molecule has 5 heteroatoms. The third-order valence-electron chi connectivity index (χ3n) is 2.41. The van der Waals surface area contributed by atoms with Crippen molar-refractivity contribution in [2.24, 2.45) is 16.1 Å². The van der Waals surface area contributed by atoms with E-state index in [9.17, 15) is 9.59 Å². The first kappa shape index (κ1) is 13.9. The van der Waals surface area contributed by atoms with Gasteiger partial charge in [-0.15, -0.1) is 0 Å². The summed E-state index contributed by atoms with van der Waals surface area (Å²) in [5, 5.41) is 2.23. The Morgan fingerprint density at radius 1 is 1.17 bits per heavy atom. The molecule has 0 bridgehead atoms. The van der Waals surface area contributed by atoms with Gasteiger partial charge in [-0.05, 0) is 12.3 Å². The van der Waals surface area contributed by atoms with Crippen molar-refractivity contribution in [3.8, 4) is 0 Å². The highest BCUT2D eigenvalue weighted by Gasteiger charge is 2.26. The zero-order chi connectivity index (χ0) is 13.8. The van der Waals surface area contributed by atoms with Gasteiger partial charge in [0.1, 0.15) is 0 Å². The van der Waals surface area contributed by atoms with Crippen molar-refractivity contribution in [2.45, 2.75) is 13.8 Å². The van der Waals surface area contributed by atoms with E-state index in [1.54, 1.807) is 19.3 Å². The lowest BCUT2D eigenvalue weighted by Gasteiger charge is -2.12. The summed E-state index contributed by atoms with van der Waals surface area (Å²) >= 11 is 0. The van der Waals surface area contributed by atoms with E-state index >= 15 is 0 Å². The molecule has 1 rings (SSSR count). The lowest BCUT2D eigenvalue weighted by molar-refractivity contribution is -0.123. The van der Waals surface area contributed by atoms with E-state index in [4.69, 9.17) is 5.73 Å². The van der Waals surface area contributed by atoms with Crippen LogP contribution in [-0.4, -0.2) is 25.1 Å². The summed E-state index contributed by atoms with van der Waals surface area (Å²) in [5.41, 5.74) is 5.57. The van der Waals surface area contributed by atoms with Crippen LogP contribution in [0.1, 0.15) is 13.8 Å². The Bertz CT molecular complexity index is 482. The molecule has 1 aliphatic rings. The number of imide groups is 1. The van der Waals surface area contributed by atoms with E-state index in [0.717, 1.165) is 0 Å². The Balaban J connectivity index is 3.10. The van der Waals surface area contributed by atoms with Gasteiger partial charge < -0.3 is 5.73 Å². The summed E-state index contributed by atoms with van der Waals surface area (Å²) in [5.74, 6) is -0.836. The van der Waals surface area contributed by atoms with Crippen LogP contribution in [0.2, 0.25) is 0 Å². The molecule has 0 radical (unpaired) electrons. The van der Waals surface area contributed by atoms with Crippen molar-refractivity contribution in [3.05, 3.63) is 35.6 Å². The average Bonchev–Trinajstić information content (AvgIpc) is 2.52. The van der Waals surface area contributed by atoms with Gasteiger partial charge in [0, 0.05) is 18.7 Å². The number of nitrogens with one attached hydrogen (secondary N) is 1. The number of amides is 2. The summed E-state index contributed by atoms with van der Waals surface area (Å²) in [7, 11) is 1.68. The fourth-order valence-corrected chi connectivity index (χ4v) is 1.58. The van der Waals surface area contributed by atoms with Gasteiger partial charge in [-0.2, -0.15) is 0 Å². The van der Waals surface area contributed by atoms with Crippen molar-refractivity contribution in [1.82, 2.24) is 5.32 Å². The maximum Gasteiger partial charge on any atom is 0.258 e. The van der Waals surface area contributed by atoms with Crippen LogP contribution in [0, 0.1) is 5.41 Å². The quantitative estimate of drug-likeness (QED) is 0.566. The molecule has 2 amide bonds. The summed E-state index contributed by atoms with van der Waals surface area (Å²) in [4.78, 5) is 27.0. The first-order valence-electron chi connectivity index (χ1n) is 5.52. The molecule has 1 heterocycles. The monoisotopic (exact) mass is 247 g/mol. The molecule has 0 aromatic heterocycles. The molecular weight excluding hydrogens is 230 g/mol. The van der Waals surface area contributed by atoms with E-state index in [1.807, 2.05) is 19.9 Å². The van der Waals surface area contributed by atoms with Crippen molar-refractivity contribution in [3.63, 3.8) is 0 Å². The molecule has 0 aromatic carbocycles. The summed E-state index contributed by atoms with van der Waals surface area (Å²) in [6.45, 7) is 3.90. The molecule has 0 atom stereocenters. The maximum atomic E-state index is 11.6. The Hall–Kier alpha value is -2.17. The molecule has 0 unspecified atom stereocenters. The summed E-state index contributed by atoms with van der Waals surface area (Å²) < 4.78 is 0. The van der Waals surface area contributed by atoms with E-state index in [2.05, 4.69) is 10.3 Å². The minimum absolute atomic E-state index is 0.281. The smallest absolute Gasteiger partial charge is 0.258 e. The maximum absolute atomic E-state index is 11.6. The Labute approximate surface area is 106 Å². The number of nitrogens with zero attached hydrogens (tertiary/aromatic N) is 1. The van der Waals surface area contributed by atoms with Crippen molar-refractivity contribution >= 4 is 18.0 Å². The lowest BCUT2D eigenvalue weighted by Crippen LogP contribution is -2.22. The highest BCUT2D eigenvalue weighted by atomic mass is 16.2. The number of hydrogen-bond donors (Lipinski definition) is 2. The molecule has 0 saturated heterocycles. The zero-order valence-corrected chi connectivity index (χ0v) is 10.7. The van der Waals surface area contributed by atoms with E-state index < -0.39 is 11.8 Å². The second kappa shape index (κ2) is 5.44. The summed E-state index contributed by atoms with van der Waals surface area (Å²) in [6.07, 6.45) is 7.85. The molecule has 3 N–H and O–H groups in total. The van der Waals surface area contributed by atoms with Gasteiger partial charge in [-0.3, -0.25) is 19.9 Å². The molecule has 1 aliphatic heterocycles. The number of hydrogen-bond acceptors (Lipinski definition) is 4. The van der Waals surface area contributed by atoms with Crippen LogP contribution in [-0.2, 0) is 9.59 Å². The first-order valence-corrected chi connectivity index (χ1v) is 5.52. The van der Waals surface area contributed by atoms with Crippen LogP contribution in [0.3, 0.4) is 0 Å². The molecule has 0 aromatic rings. The predicted octanol–water partition coefficient (Wildman–Crippen LogP) is 0.695. The molecule has 18 heavy (non-hydrogen) atoms. The van der Waals surface area contributed by atoms with Gasteiger partial charge in [0.25, 0.3) is 11.8 Å². The third kappa shape index (κ3) is 3.16. The van der Waals surface area contributed by atoms with Crippen molar-refractivity contribution in [1.29, 1.82) is 0 Å². The van der Waals surface area contributed by atoms with Gasteiger partial charge in [0.2, 0.25) is 0 Å². The zero-order valence-electron chi connectivity index (χ0n) is 10.7. The van der Waals surface area contributed by atoms with E-state index in [-0.39, 0.29) is 11.0 Å². The number of carbonyl (C=O) groups excluding carboxylic acids is 2. The number of allylic oxidation sites excluding steroid dienone is 1. The van der Waals surface area contributed by atoms with Crippen LogP contribution < -0.4 is 11.1 Å². The Kier molecular flexibility index (Phi) is 4.20. The second-order valence-electron chi connectivity index (χ2n) is 4.51. The number of nitrogens with two attached hydrogens (primary N) is 1. The predicted molar refractivity (Wildman–Crippen MR) is 70.8 cm³/mol. The Morgan fingerprint density at radius 3 is 2.22 bits per heavy atom. The lowest BCUT2D eigenvalue weighted by atomic mass is 9.93. The summed E-state index contributed by atoms with van der Waals surface area (Å²) in [6, 6.07) is 0. The van der Waals surface area contributed by atoms with Gasteiger partial charge >= 0.3 is 0 Å². The molecule has 0 fully saturated rings. The van der Waals surface area contributed by atoms with Gasteiger partial charge in [0.05, 0.1) is 11.1 Å². The normalized spacial score (nSPS) is 17.7. The highest BCUT2D eigenvalue weighted by molar-refractivity contribution is 6.22. The van der Waals surface area contributed by atoms with Crippen LogP contribution in [0.4, 0.5) is 0 Å². The van der Waals surface area contributed by atoms with Crippen LogP contribution in [0.25, 0.3) is 0 Å². The minimum atomic E-state index is -0.427. The number of rotatable bonds is 4.